The van der Waals surface area contributed by atoms with E-state index in [0.29, 0.717) is 15.2 Å². The van der Waals surface area contributed by atoms with Crippen LogP contribution in [0.4, 0.5) is 5.69 Å². The lowest BCUT2D eigenvalue weighted by Crippen LogP contribution is -2.27. The van der Waals surface area contributed by atoms with Gasteiger partial charge in [-0.15, -0.1) is 11.3 Å². The molecule has 2 heterocycles. The van der Waals surface area contributed by atoms with Gasteiger partial charge in [0.25, 0.3) is 5.56 Å². The van der Waals surface area contributed by atoms with E-state index in [-0.39, 0.29) is 18.0 Å². The largest absolute Gasteiger partial charge is 0.324 e. The van der Waals surface area contributed by atoms with E-state index in [4.69, 9.17) is 11.6 Å². The molecule has 7 heteroatoms. The van der Waals surface area contributed by atoms with Gasteiger partial charge in [-0.25, -0.2) is 4.98 Å². The Bertz CT molecular complexity index is 1240. The fraction of sp³-hybridized carbons (Fsp3) is 0.150. The normalized spacial score (nSPS) is 11.2. The minimum absolute atomic E-state index is 0.0997. The Morgan fingerprint density at radius 1 is 1.19 bits per heavy atom. The number of anilines is 1. The van der Waals surface area contributed by atoms with Crippen LogP contribution in [0.15, 0.2) is 47.5 Å². The summed E-state index contributed by atoms with van der Waals surface area (Å²) in [5, 5.41) is 4.24. The molecule has 27 heavy (non-hydrogen) atoms. The highest BCUT2D eigenvalue weighted by Gasteiger charge is 2.15. The van der Waals surface area contributed by atoms with E-state index in [1.54, 1.807) is 6.07 Å². The second-order valence-electron chi connectivity index (χ2n) is 6.39. The number of para-hydroxylation sites is 1. The van der Waals surface area contributed by atoms with Gasteiger partial charge in [-0.1, -0.05) is 35.9 Å². The van der Waals surface area contributed by atoms with E-state index in [1.807, 2.05) is 44.2 Å². The summed E-state index contributed by atoms with van der Waals surface area (Å²) in [7, 11) is 0. The molecule has 136 valence electrons. The van der Waals surface area contributed by atoms with E-state index >= 15 is 0 Å². The van der Waals surface area contributed by atoms with Gasteiger partial charge in [0, 0.05) is 15.8 Å². The van der Waals surface area contributed by atoms with E-state index in [1.165, 1.54) is 22.2 Å². The van der Waals surface area contributed by atoms with Gasteiger partial charge in [0.1, 0.15) is 11.2 Å². The van der Waals surface area contributed by atoms with E-state index < -0.39 is 0 Å². The smallest absolute Gasteiger partial charge is 0.271 e. The molecule has 0 radical (unpaired) electrons. The molecule has 0 aliphatic rings. The average molecular weight is 398 g/mol. The molecule has 2 aromatic heterocycles. The second-order valence-corrected chi connectivity index (χ2v) is 7.84. The molecule has 0 saturated carbocycles. The Hall–Kier alpha value is -2.70. The monoisotopic (exact) mass is 397 g/mol. The number of halogens is 1. The summed E-state index contributed by atoms with van der Waals surface area (Å²) in [5.41, 5.74) is 3.07. The van der Waals surface area contributed by atoms with Gasteiger partial charge in [-0.05, 0) is 37.1 Å². The topological polar surface area (TPSA) is 64.0 Å². The molecule has 4 rings (SSSR count). The number of amides is 1. The van der Waals surface area contributed by atoms with Crippen LogP contribution in [0, 0.1) is 13.8 Å². The SMILES string of the molecule is Cc1cccc(C)c1NC(=O)Cn1cnc2c(sc3cccc(Cl)c32)c1=O. The molecule has 2 aromatic carbocycles. The predicted molar refractivity (Wildman–Crippen MR) is 111 cm³/mol. The van der Waals surface area contributed by atoms with Crippen molar-refractivity contribution in [3.05, 3.63) is 69.2 Å². The Morgan fingerprint density at radius 3 is 2.63 bits per heavy atom. The van der Waals surface area contributed by atoms with Crippen molar-refractivity contribution >= 4 is 54.8 Å². The number of aryl methyl sites for hydroxylation is 2. The first-order chi connectivity index (χ1) is 13.0. The zero-order valence-corrected chi connectivity index (χ0v) is 16.3. The van der Waals surface area contributed by atoms with Crippen molar-refractivity contribution in [2.75, 3.05) is 5.32 Å². The Kier molecular flexibility index (Phi) is 4.45. The highest BCUT2D eigenvalue weighted by atomic mass is 35.5. The molecule has 0 fully saturated rings. The summed E-state index contributed by atoms with van der Waals surface area (Å²) in [4.78, 5) is 29.7. The minimum atomic E-state index is -0.269. The highest BCUT2D eigenvalue weighted by molar-refractivity contribution is 7.25. The molecule has 0 bridgehead atoms. The van der Waals surface area contributed by atoms with Gasteiger partial charge in [0.05, 0.1) is 16.9 Å². The number of rotatable bonds is 3. The lowest BCUT2D eigenvalue weighted by molar-refractivity contribution is -0.116. The Balaban J connectivity index is 1.69. The first kappa shape index (κ1) is 17.7. The summed E-state index contributed by atoms with van der Waals surface area (Å²) in [6.07, 6.45) is 1.41. The van der Waals surface area contributed by atoms with E-state index in [0.717, 1.165) is 26.9 Å². The zero-order chi connectivity index (χ0) is 19.1. The number of nitrogens with one attached hydrogen (secondary N) is 1. The maximum atomic E-state index is 12.8. The van der Waals surface area contributed by atoms with Crippen molar-refractivity contribution in [1.29, 1.82) is 0 Å². The van der Waals surface area contributed by atoms with Crippen LogP contribution in [-0.4, -0.2) is 15.5 Å². The second kappa shape index (κ2) is 6.79. The van der Waals surface area contributed by atoms with Crippen molar-refractivity contribution in [1.82, 2.24) is 9.55 Å². The number of hydrogen-bond acceptors (Lipinski definition) is 4. The van der Waals surface area contributed by atoms with Gasteiger partial charge in [0.15, 0.2) is 0 Å². The van der Waals surface area contributed by atoms with E-state index in [9.17, 15) is 9.59 Å². The quantitative estimate of drug-likeness (QED) is 0.552. The number of carbonyl (C=O) groups excluding carboxylic acids is 1. The third-order valence-corrected chi connectivity index (χ3v) is 5.93. The third kappa shape index (κ3) is 3.11. The van der Waals surface area contributed by atoms with Gasteiger partial charge < -0.3 is 5.32 Å². The van der Waals surface area contributed by atoms with Crippen molar-refractivity contribution in [3.63, 3.8) is 0 Å². The van der Waals surface area contributed by atoms with Crippen LogP contribution >= 0.6 is 22.9 Å². The zero-order valence-electron chi connectivity index (χ0n) is 14.7. The molecule has 4 aromatic rings. The van der Waals surface area contributed by atoms with Crippen LogP contribution in [0.1, 0.15) is 11.1 Å². The molecule has 0 atom stereocenters. The molecule has 0 saturated heterocycles. The molecular weight excluding hydrogens is 382 g/mol. The van der Waals surface area contributed by atoms with Crippen LogP contribution in [0.25, 0.3) is 20.3 Å². The maximum absolute atomic E-state index is 12.8. The summed E-state index contributed by atoms with van der Waals surface area (Å²) in [5.74, 6) is -0.269. The number of fused-ring (bicyclic) bond motifs is 3. The summed E-state index contributed by atoms with van der Waals surface area (Å²) in [6.45, 7) is 3.77. The summed E-state index contributed by atoms with van der Waals surface area (Å²) in [6, 6.07) is 11.3. The van der Waals surface area contributed by atoms with E-state index in [2.05, 4.69) is 10.3 Å². The fourth-order valence-electron chi connectivity index (χ4n) is 3.13. The van der Waals surface area contributed by atoms with Gasteiger partial charge in [0.2, 0.25) is 5.91 Å². The van der Waals surface area contributed by atoms with Gasteiger partial charge in [-0.3, -0.25) is 14.2 Å². The Morgan fingerprint density at radius 2 is 1.89 bits per heavy atom. The van der Waals surface area contributed by atoms with Gasteiger partial charge in [-0.2, -0.15) is 0 Å². The summed E-state index contributed by atoms with van der Waals surface area (Å²) < 4.78 is 2.73. The Labute approximate surface area is 164 Å². The van der Waals surface area contributed by atoms with Crippen molar-refractivity contribution in [3.8, 4) is 0 Å². The number of nitrogens with zero attached hydrogens (tertiary/aromatic N) is 2. The minimum Gasteiger partial charge on any atom is -0.324 e. The number of aromatic nitrogens is 2. The molecule has 1 amide bonds. The molecule has 0 spiro atoms. The summed E-state index contributed by atoms with van der Waals surface area (Å²) >= 11 is 7.61. The number of benzene rings is 2. The third-order valence-electron chi connectivity index (χ3n) is 4.48. The molecule has 1 N–H and O–H groups in total. The first-order valence-corrected chi connectivity index (χ1v) is 9.57. The first-order valence-electron chi connectivity index (χ1n) is 8.38. The van der Waals surface area contributed by atoms with Crippen LogP contribution in [0.2, 0.25) is 5.02 Å². The number of carbonyl (C=O) groups is 1. The molecule has 0 aliphatic heterocycles. The van der Waals surface area contributed by atoms with Crippen molar-refractivity contribution < 1.29 is 4.79 Å². The molecular formula is C20H16ClN3O2S. The fourth-order valence-corrected chi connectivity index (χ4v) is 4.58. The predicted octanol–water partition coefficient (Wildman–Crippen LogP) is 4.52. The lowest BCUT2D eigenvalue weighted by Gasteiger charge is -2.12. The highest BCUT2D eigenvalue weighted by Crippen LogP contribution is 2.34. The van der Waals surface area contributed by atoms with Crippen LogP contribution < -0.4 is 10.9 Å². The van der Waals surface area contributed by atoms with Crippen LogP contribution in [0.5, 0.6) is 0 Å². The standard InChI is InChI=1S/C20H16ClN3O2S/c1-11-5-3-6-12(2)17(11)23-15(25)9-24-10-22-18-16-13(21)7-4-8-14(16)27-19(18)20(24)26/h3-8,10H,9H2,1-2H3,(H,23,25). The maximum Gasteiger partial charge on any atom is 0.271 e. The molecule has 0 unspecified atom stereocenters. The van der Waals surface area contributed by atoms with Crippen molar-refractivity contribution in [2.45, 2.75) is 20.4 Å². The van der Waals surface area contributed by atoms with Crippen LogP contribution in [0.3, 0.4) is 0 Å². The van der Waals surface area contributed by atoms with Crippen molar-refractivity contribution in [2.24, 2.45) is 0 Å². The average Bonchev–Trinajstić information content (AvgIpc) is 3.01. The molecule has 0 aliphatic carbocycles. The number of hydrogen-bond donors (Lipinski definition) is 1. The van der Waals surface area contributed by atoms with Gasteiger partial charge >= 0.3 is 0 Å². The number of thiophene rings is 1. The molecule has 5 nitrogen and oxygen atoms in total. The van der Waals surface area contributed by atoms with Crippen LogP contribution in [-0.2, 0) is 11.3 Å². The lowest BCUT2D eigenvalue weighted by atomic mass is 10.1.